The molecule has 0 saturated heterocycles. The van der Waals surface area contributed by atoms with Gasteiger partial charge in [-0.3, -0.25) is 0 Å². The molecule has 3 rings (SSSR count). The number of rotatable bonds is 4. The highest BCUT2D eigenvalue weighted by Crippen LogP contribution is 2.29. The minimum absolute atomic E-state index is 0.131. The number of aromatic nitrogens is 1. The normalized spacial score (nSPS) is 10.4. The molecular weight excluding hydrogens is 278 g/mol. The molecule has 4 heteroatoms. The number of oxazole rings is 1. The number of carbonyl (C=O) groups excluding carboxylic acids is 1. The van der Waals surface area contributed by atoms with Crippen molar-refractivity contribution >= 4 is 5.97 Å². The maximum Gasteiger partial charge on any atom is 0.376 e. The standard InChI is InChI=1S/C18H15NO3/c1-2-21-18(20)16-15(13-9-5-3-6-10-13)19-17(22-16)14-11-7-4-8-12-14/h3-12H,2H2,1H3. The van der Waals surface area contributed by atoms with E-state index in [-0.39, 0.29) is 12.4 Å². The Labute approximate surface area is 128 Å². The van der Waals surface area contributed by atoms with Gasteiger partial charge in [-0.1, -0.05) is 48.5 Å². The third kappa shape index (κ3) is 2.76. The summed E-state index contributed by atoms with van der Waals surface area (Å²) in [7, 11) is 0. The van der Waals surface area contributed by atoms with Crippen LogP contribution in [-0.4, -0.2) is 17.6 Å². The molecule has 0 radical (unpaired) electrons. The minimum atomic E-state index is -0.504. The molecular formula is C18H15NO3. The second-order valence-electron chi connectivity index (χ2n) is 4.65. The summed E-state index contributed by atoms with van der Waals surface area (Å²) in [5.74, 6) is 0.0328. The van der Waals surface area contributed by atoms with Gasteiger partial charge in [0, 0.05) is 11.1 Å². The van der Waals surface area contributed by atoms with Crippen LogP contribution in [0.1, 0.15) is 17.5 Å². The summed E-state index contributed by atoms with van der Waals surface area (Å²) >= 11 is 0. The Bertz CT molecular complexity index is 764. The molecule has 4 nitrogen and oxygen atoms in total. The molecule has 110 valence electrons. The lowest BCUT2D eigenvalue weighted by Gasteiger charge is -2.00. The van der Waals surface area contributed by atoms with E-state index >= 15 is 0 Å². The molecule has 0 saturated carbocycles. The zero-order valence-corrected chi connectivity index (χ0v) is 12.2. The first-order chi connectivity index (χ1) is 10.8. The molecule has 0 aliphatic carbocycles. The fourth-order valence-corrected chi connectivity index (χ4v) is 2.15. The maximum atomic E-state index is 12.1. The van der Waals surface area contributed by atoms with Gasteiger partial charge >= 0.3 is 5.97 Å². The smallest absolute Gasteiger partial charge is 0.376 e. The van der Waals surface area contributed by atoms with Gasteiger partial charge in [-0.25, -0.2) is 9.78 Å². The quantitative estimate of drug-likeness (QED) is 0.677. The minimum Gasteiger partial charge on any atom is -0.460 e. The Balaban J connectivity index is 2.11. The number of nitrogens with zero attached hydrogens (tertiary/aromatic N) is 1. The maximum absolute atomic E-state index is 12.1. The molecule has 1 aromatic heterocycles. The third-order valence-electron chi connectivity index (χ3n) is 3.16. The average Bonchev–Trinajstić information content (AvgIpc) is 3.02. The SMILES string of the molecule is CCOC(=O)c1oc(-c2ccccc2)nc1-c1ccccc1. The van der Waals surface area contributed by atoms with Crippen molar-refractivity contribution in [2.24, 2.45) is 0 Å². The molecule has 0 aliphatic rings. The number of hydrogen-bond acceptors (Lipinski definition) is 4. The first kappa shape index (κ1) is 14.1. The van der Waals surface area contributed by atoms with Crippen LogP contribution in [0.25, 0.3) is 22.7 Å². The number of ether oxygens (including phenoxy) is 1. The largest absolute Gasteiger partial charge is 0.460 e. The zero-order valence-electron chi connectivity index (χ0n) is 12.2. The lowest BCUT2D eigenvalue weighted by molar-refractivity contribution is 0.0492. The van der Waals surface area contributed by atoms with Gasteiger partial charge in [0.2, 0.25) is 11.7 Å². The van der Waals surface area contributed by atoms with Crippen LogP contribution in [0.3, 0.4) is 0 Å². The van der Waals surface area contributed by atoms with Crippen molar-refractivity contribution < 1.29 is 13.9 Å². The first-order valence-electron chi connectivity index (χ1n) is 7.08. The van der Waals surface area contributed by atoms with E-state index in [0.717, 1.165) is 11.1 Å². The fourth-order valence-electron chi connectivity index (χ4n) is 2.15. The lowest BCUT2D eigenvalue weighted by atomic mass is 10.1. The summed E-state index contributed by atoms with van der Waals surface area (Å²) in [4.78, 5) is 16.6. The molecule has 0 spiro atoms. The summed E-state index contributed by atoms with van der Waals surface area (Å²) in [6, 6.07) is 18.9. The molecule has 0 bridgehead atoms. The van der Waals surface area contributed by atoms with Crippen molar-refractivity contribution in [1.29, 1.82) is 0 Å². The Morgan fingerprint density at radius 2 is 1.59 bits per heavy atom. The van der Waals surface area contributed by atoms with Crippen molar-refractivity contribution in [1.82, 2.24) is 4.98 Å². The third-order valence-corrected chi connectivity index (χ3v) is 3.16. The van der Waals surface area contributed by atoms with Crippen LogP contribution in [0, 0.1) is 0 Å². The Hall–Kier alpha value is -2.88. The van der Waals surface area contributed by atoms with Crippen LogP contribution >= 0.6 is 0 Å². The van der Waals surface area contributed by atoms with Gasteiger partial charge in [-0.05, 0) is 19.1 Å². The van der Waals surface area contributed by atoms with E-state index < -0.39 is 5.97 Å². The molecule has 0 atom stereocenters. The second-order valence-corrected chi connectivity index (χ2v) is 4.65. The van der Waals surface area contributed by atoms with Gasteiger partial charge in [0.15, 0.2) is 0 Å². The van der Waals surface area contributed by atoms with E-state index in [9.17, 15) is 4.79 Å². The number of esters is 1. The summed E-state index contributed by atoms with van der Waals surface area (Å²) in [6.07, 6.45) is 0. The Kier molecular flexibility index (Phi) is 4.01. The molecule has 22 heavy (non-hydrogen) atoms. The predicted octanol–water partition coefficient (Wildman–Crippen LogP) is 4.19. The molecule has 2 aromatic carbocycles. The number of hydrogen-bond donors (Lipinski definition) is 0. The summed E-state index contributed by atoms with van der Waals surface area (Å²) in [5, 5.41) is 0. The first-order valence-corrected chi connectivity index (χ1v) is 7.08. The van der Waals surface area contributed by atoms with Gasteiger partial charge in [0.25, 0.3) is 0 Å². The van der Waals surface area contributed by atoms with Crippen LogP contribution in [0.15, 0.2) is 65.1 Å². The van der Waals surface area contributed by atoms with Crippen LogP contribution in [0.4, 0.5) is 0 Å². The Morgan fingerprint density at radius 3 is 2.18 bits per heavy atom. The van der Waals surface area contributed by atoms with Gasteiger partial charge in [0.05, 0.1) is 6.61 Å². The highest BCUT2D eigenvalue weighted by molar-refractivity contribution is 5.93. The van der Waals surface area contributed by atoms with Crippen LogP contribution in [-0.2, 0) is 4.74 Å². The highest BCUT2D eigenvalue weighted by Gasteiger charge is 2.23. The molecule has 1 heterocycles. The van der Waals surface area contributed by atoms with Gasteiger partial charge in [-0.15, -0.1) is 0 Å². The van der Waals surface area contributed by atoms with Crippen molar-refractivity contribution in [3.05, 3.63) is 66.4 Å². The molecule has 3 aromatic rings. The molecule has 0 fully saturated rings. The van der Waals surface area contributed by atoms with Crippen molar-refractivity contribution in [2.75, 3.05) is 6.61 Å². The van der Waals surface area contributed by atoms with Gasteiger partial charge < -0.3 is 9.15 Å². The van der Waals surface area contributed by atoms with E-state index in [1.165, 1.54) is 0 Å². The van der Waals surface area contributed by atoms with Crippen LogP contribution in [0.2, 0.25) is 0 Å². The summed E-state index contributed by atoms with van der Waals surface area (Å²) < 4.78 is 10.8. The Morgan fingerprint density at radius 1 is 1.00 bits per heavy atom. The molecule has 0 unspecified atom stereocenters. The molecule has 0 aliphatic heterocycles. The van der Waals surface area contributed by atoms with E-state index in [1.54, 1.807) is 6.92 Å². The molecule has 0 N–H and O–H groups in total. The van der Waals surface area contributed by atoms with E-state index in [4.69, 9.17) is 9.15 Å². The van der Waals surface area contributed by atoms with E-state index in [0.29, 0.717) is 11.6 Å². The monoisotopic (exact) mass is 293 g/mol. The predicted molar refractivity (Wildman–Crippen MR) is 83.3 cm³/mol. The zero-order chi connectivity index (χ0) is 15.4. The average molecular weight is 293 g/mol. The topological polar surface area (TPSA) is 52.3 Å². The molecule has 0 amide bonds. The van der Waals surface area contributed by atoms with Crippen molar-refractivity contribution in [2.45, 2.75) is 6.92 Å². The van der Waals surface area contributed by atoms with E-state index in [2.05, 4.69) is 4.98 Å². The summed E-state index contributed by atoms with van der Waals surface area (Å²) in [5.41, 5.74) is 2.13. The van der Waals surface area contributed by atoms with Crippen molar-refractivity contribution in [3.8, 4) is 22.7 Å². The summed E-state index contributed by atoms with van der Waals surface area (Å²) in [6.45, 7) is 2.04. The van der Waals surface area contributed by atoms with Crippen LogP contribution < -0.4 is 0 Å². The van der Waals surface area contributed by atoms with Crippen molar-refractivity contribution in [3.63, 3.8) is 0 Å². The lowest BCUT2D eigenvalue weighted by Crippen LogP contribution is -2.04. The number of carbonyl (C=O) groups is 1. The van der Waals surface area contributed by atoms with E-state index in [1.807, 2.05) is 60.7 Å². The highest BCUT2D eigenvalue weighted by atomic mass is 16.5. The van der Waals surface area contributed by atoms with Gasteiger partial charge in [0.1, 0.15) is 5.69 Å². The number of benzene rings is 2. The van der Waals surface area contributed by atoms with Crippen LogP contribution in [0.5, 0.6) is 0 Å². The fraction of sp³-hybridized carbons (Fsp3) is 0.111. The van der Waals surface area contributed by atoms with Gasteiger partial charge in [-0.2, -0.15) is 0 Å². The second kappa shape index (κ2) is 6.26.